The van der Waals surface area contributed by atoms with Gasteiger partial charge in [-0.15, -0.1) is 11.3 Å². The number of pyridine rings is 1. The zero-order chi connectivity index (χ0) is 38.9. The van der Waals surface area contributed by atoms with E-state index in [1.165, 1.54) is 35.8 Å². The molecule has 290 valence electrons. The Kier molecular flexibility index (Phi) is 14.7. The van der Waals surface area contributed by atoms with Crippen LogP contribution in [0, 0.1) is 5.92 Å². The van der Waals surface area contributed by atoms with E-state index in [1.54, 1.807) is 0 Å². The molecule has 3 N–H and O–H groups in total. The number of fused-ring (bicyclic) bond motifs is 1. The summed E-state index contributed by atoms with van der Waals surface area (Å²) in [4.78, 5) is 41.0. The molecule has 3 aliphatic rings. The molecular formula is C30H34F9N5O7S. The third-order valence-corrected chi connectivity index (χ3v) is 8.48. The molecule has 22 heteroatoms. The summed E-state index contributed by atoms with van der Waals surface area (Å²) in [7, 11) is 0. The smallest absolute Gasteiger partial charge is 0.475 e. The second kappa shape index (κ2) is 18.1. The minimum Gasteiger partial charge on any atom is -0.475 e. The number of aliphatic carboxylic acids is 3. The minimum absolute atomic E-state index is 0.367. The molecule has 1 saturated carbocycles. The molecule has 3 aromatic heterocycles. The number of carboxylic acids is 3. The highest BCUT2D eigenvalue weighted by Crippen LogP contribution is 2.35. The lowest BCUT2D eigenvalue weighted by Gasteiger charge is -2.40. The molecule has 1 unspecified atom stereocenters. The van der Waals surface area contributed by atoms with E-state index < -0.39 is 36.4 Å². The Hall–Kier alpha value is -4.15. The molecule has 52 heavy (non-hydrogen) atoms. The molecule has 0 bridgehead atoms. The number of anilines is 1. The molecule has 0 amide bonds. The Bertz CT molecular complexity index is 1550. The first kappa shape index (κ1) is 42.3. The fraction of sp³-hybridized carbons (Fsp3) is 0.533. The van der Waals surface area contributed by atoms with Crippen molar-refractivity contribution in [3.63, 3.8) is 0 Å². The van der Waals surface area contributed by atoms with Crippen LogP contribution in [0.2, 0.25) is 0 Å². The van der Waals surface area contributed by atoms with Gasteiger partial charge in [-0.25, -0.2) is 19.4 Å². The maximum absolute atomic E-state index is 10.6. The monoisotopic (exact) mass is 779 g/mol. The van der Waals surface area contributed by atoms with Crippen LogP contribution in [0.3, 0.4) is 0 Å². The van der Waals surface area contributed by atoms with Crippen LogP contribution in [0.1, 0.15) is 29.5 Å². The number of nitrogens with zero attached hydrogens (tertiary/aromatic N) is 5. The van der Waals surface area contributed by atoms with E-state index in [1.807, 2.05) is 11.3 Å². The fourth-order valence-corrected chi connectivity index (χ4v) is 5.75. The summed E-state index contributed by atoms with van der Waals surface area (Å²) in [5.74, 6) is -6.14. The van der Waals surface area contributed by atoms with Crippen molar-refractivity contribution >= 4 is 40.7 Å². The van der Waals surface area contributed by atoms with Crippen LogP contribution in [-0.4, -0.2) is 123 Å². The summed E-state index contributed by atoms with van der Waals surface area (Å²) in [5, 5.41) is 23.6. The van der Waals surface area contributed by atoms with E-state index in [9.17, 15) is 39.5 Å². The average Bonchev–Trinajstić information content (AvgIpc) is 3.52. The van der Waals surface area contributed by atoms with Gasteiger partial charge in [0.2, 0.25) is 0 Å². The first-order chi connectivity index (χ1) is 24.2. The van der Waals surface area contributed by atoms with Gasteiger partial charge in [0.05, 0.1) is 24.9 Å². The van der Waals surface area contributed by atoms with Crippen LogP contribution in [0.4, 0.5) is 45.3 Å². The predicted molar refractivity (Wildman–Crippen MR) is 166 cm³/mol. The molecule has 3 aromatic rings. The number of piperazine rings is 1. The summed E-state index contributed by atoms with van der Waals surface area (Å²) >= 11 is 1.87. The molecule has 1 atom stereocenters. The van der Waals surface area contributed by atoms with Crippen LogP contribution < -0.4 is 4.90 Å². The number of alkyl halides is 9. The maximum Gasteiger partial charge on any atom is 0.490 e. The van der Waals surface area contributed by atoms with Crippen LogP contribution >= 0.6 is 11.3 Å². The number of hydrogen-bond donors (Lipinski definition) is 3. The van der Waals surface area contributed by atoms with Crippen molar-refractivity contribution in [1.82, 2.24) is 19.2 Å². The van der Waals surface area contributed by atoms with Crippen molar-refractivity contribution < 1.29 is 74.0 Å². The number of ether oxygens (including phenoxy) is 1. The lowest BCUT2D eigenvalue weighted by molar-refractivity contribution is -0.193. The lowest BCUT2D eigenvalue weighted by atomic mass is 10.1. The van der Waals surface area contributed by atoms with E-state index in [0.29, 0.717) is 6.04 Å². The zero-order valence-corrected chi connectivity index (χ0v) is 27.8. The number of rotatable bonds is 6. The average molecular weight is 780 g/mol. The Labute approximate surface area is 293 Å². The molecule has 0 spiro atoms. The van der Waals surface area contributed by atoms with Crippen molar-refractivity contribution in [1.29, 1.82) is 0 Å². The van der Waals surface area contributed by atoms with Gasteiger partial charge in [-0.2, -0.15) is 39.5 Å². The van der Waals surface area contributed by atoms with Gasteiger partial charge in [0.15, 0.2) is 0 Å². The summed E-state index contributed by atoms with van der Waals surface area (Å²) in [6.45, 7) is 9.10. The summed E-state index contributed by atoms with van der Waals surface area (Å²) in [5.41, 5.74) is 2.28. The highest BCUT2D eigenvalue weighted by Gasteiger charge is 2.39. The normalized spacial score (nSPS) is 18.6. The zero-order valence-electron chi connectivity index (χ0n) is 27.0. The molecule has 2 aliphatic heterocycles. The molecule has 6 rings (SSSR count). The highest BCUT2D eigenvalue weighted by atomic mass is 32.1. The quantitative estimate of drug-likeness (QED) is 0.277. The van der Waals surface area contributed by atoms with Gasteiger partial charge in [-0.05, 0) is 42.3 Å². The van der Waals surface area contributed by atoms with Crippen LogP contribution in [0.25, 0.3) is 5.65 Å². The number of halogens is 9. The number of carboxylic acid groups (broad SMARTS) is 3. The molecule has 5 heterocycles. The van der Waals surface area contributed by atoms with Crippen molar-refractivity contribution in [3.05, 3.63) is 52.5 Å². The van der Waals surface area contributed by atoms with Crippen LogP contribution in [0.15, 0.2) is 41.9 Å². The van der Waals surface area contributed by atoms with Gasteiger partial charge in [0.25, 0.3) is 0 Å². The van der Waals surface area contributed by atoms with Gasteiger partial charge in [0, 0.05) is 56.9 Å². The number of hydrogen-bond acceptors (Lipinski definition) is 9. The largest absolute Gasteiger partial charge is 0.490 e. The molecule has 1 aliphatic carbocycles. The SMILES string of the molecule is O=C(O)C(F)(F)F.O=C(O)C(F)(F)F.O=C(O)C(F)(F)F.c1csc(CN2CCN(CC3CC3)C(c3cn4c(N5CCOCC5)cccc4n3)C2)c1. The Morgan fingerprint density at radius 2 is 1.37 bits per heavy atom. The second-order valence-corrected chi connectivity index (χ2v) is 12.6. The standard InChI is InChI=1S/C24H31N5OS.3C2HF3O2/c1-4-23-25-21(17-29(23)24(5-1)27-10-12-30-13-11-27)22-18-26(16-20-3-2-14-31-20)8-9-28(22)15-19-6-7-19;3*3-2(4,5)1(6)7/h1-5,14,17,19,22H,6-13,15-16,18H2;3*(H,6,7). The molecule has 3 fully saturated rings. The minimum atomic E-state index is -5.08. The fourth-order valence-electron chi connectivity index (χ4n) is 5.00. The Morgan fingerprint density at radius 1 is 0.808 bits per heavy atom. The molecule has 0 aromatic carbocycles. The Morgan fingerprint density at radius 3 is 1.85 bits per heavy atom. The van der Waals surface area contributed by atoms with Gasteiger partial charge in [0.1, 0.15) is 11.5 Å². The van der Waals surface area contributed by atoms with Crippen molar-refractivity contribution in [2.24, 2.45) is 5.92 Å². The van der Waals surface area contributed by atoms with Crippen molar-refractivity contribution in [3.8, 4) is 0 Å². The van der Waals surface area contributed by atoms with Crippen LogP contribution in [0.5, 0.6) is 0 Å². The number of thiophene rings is 1. The van der Waals surface area contributed by atoms with E-state index >= 15 is 0 Å². The first-order valence-electron chi connectivity index (χ1n) is 15.4. The van der Waals surface area contributed by atoms with Gasteiger partial charge in [-0.1, -0.05) is 12.1 Å². The third-order valence-electron chi connectivity index (χ3n) is 7.62. The van der Waals surface area contributed by atoms with E-state index in [-0.39, 0.29) is 0 Å². The lowest BCUT2D eigenvalue weighted by Crippen LogP contribution is -2.48. The topological polar surface area (TPSA) is 148 Å². The van der Waals surface area contributed by atoms with Crippen LogP contribution in [-0.2, 0) is 25.7 Å². The van der Waals surface area contributed by atoms with E-state index in [2.05, 4.69) is 61.0 Å². The molecule has 2 saturated heterocycles. The molecule has 0 radical (unpaired) electrons. The van der Waals surface area contributed by atoms with Gasteiger partial charge in [-0.3, -0.25) is 14.2 Å². The Balaban J connectivity index is 0.000000285. The number of carbonyl (C=O) groups is 3. The third kappa shape index (κ3) is 13.4. The molecule has 12 nitrogen and oxygen atoms in total. The number of aromatic nitrogens is 2. The highest BCUT2D eigenvalue weighted by molar-refractivity contribution is 7.09. The summed E-state index contributed by atoms with van der Waals surface area (Å²) in [6, 6.07) is 11.3. The van der Waals surface area contributed by atoms with Gasteiger partial charge >= 0.3 is 36.4 Å². The van der Waals surface area contributed by atoms with E-state index in [4.69, 9.17) is 39.4 Å². The van der Waals surface area contributed by atoms with Crippen molar-refractivity contribution in [2.75, 3.05) is 57.4 Å². The second-order valence-electron chi connectivity index (χ2n) is 11.6. The number of imidazole rings is 1. The van der Waals surface area contributed by atoms with Gasteiger partial charge < -0.3 is 25.0 Å². The van der Waals surface area contributed by atoms with Crippen molar-refractivity contribution in [2.45, 2.75) is 44.0 Å². The van der Waals surface area contributed by atoms with E-state index in [0.717, 1.165) is 64.0 Å². The number of morpholine rings is 1. The maximum atomic E-state index is 10.6. The summed E-state index contributed by atoms with van der Waals surface area (Å²) < 4.78 is 103. The predicted octanol–water partition coefficient (Wildman–Crippen LogP) is 5.40. The summed E-state index contributed by atoms with van der Waals surface area (Å²) in [6.07, 6.45) is -10.2. The first-order valence-corrected chi connectivity index (χ1v) is 16.2. The molecular weight excluding hydrogens is 745 g/mol.